The molecule has 0 aromatic carbocycles. The largest absolute Gasteiger partial charge is 0.389 e. The van der Waals surface area contributed by atoms with Crippen molar-refractivity contribution in [2.45, 2.75) is 58.1 Å². The summed E-state index contributed by atoms with van der Waals surface area (Å²) in [6.45, 7) is 7.66. The van der Waals surface area contributed by atoms with Gasteiger partial charge in [0.1, 0.15) is 0 Å². The number of hydrogen-bond acceptors (Lipinski definition) is 3. The molecule has 0 heterocycles. The van der Waals surface area contributed by atoms with Crippen molar-refractivity contribution in [1.82, 2.24) is 4.90 Å². The second-order valence-electron chi connectivity index (χ2n) is 4.92. The van der Waals surface area contributed by atoms with E-state index in [9.17, 15) is 5.11 Å². The maximum Gasteiger partial charge on any atom is 0.0741 e. The molecule has 0 saturated heterocycles. The summed E-state index contributed by atoms with van der Waals surface area (Å²) in [6.07, 6.45) is 4.26. The smallest absolute Gasteiger partial charge is 0.0741 e. The highest BCUT2D eigenvalue weighted by atomic mass is 16.3. The molecule has 0 aromatic rings. The average Bonchev–Trinajstić information content (AvgIpc) is 2.18. The van der Waals surface area contributed by atoms with Crippen LogP contribution in [0.25, 0.3) is 0 Å². The minimum absolute atomic E-state index is 0.348. The first-order chi connectivity index (χ1) is 6.93. The molecule has 0 aliphatic rings. The number of aliphatic hydroxyl groups is 1. The van der Waals surface area contributed by atoms with Crippen LogP contribution >= 0.6 is 0 Å². The zero-order chi connectivity index (χ0) is 11.9. The minimum atomic E-state index is -0.686. The highest BCUT2D eigenvalue weighted by molar-refractivity contribution is 4.74. The fourth-order valence-corrected chi connectivity index (χ4v) is 1.67. The Labute approximate surface area is 94.6 Å². The predicted molar refractivity (Wildman–Crippen MR) is 65.9 cm³/mol. The molecule has 0 aliphatic carbocycles. The monoisotopic (exact) mass is 216 g/mol. The molecule has 0 radical (unpaired) electrons. The molecule has 15 heavy (non-hydrogen) atoms. The summed E-state index contributed by atoms with van der Waals surface area (Å²) >= 11 is 0. The second-order valence-corrected chi connectivity index (χ2v) is 4.92. The molecule has 0 amide bonds. The van der Waals surface area contributed by atoms with E-state index in [2.05, 4.69) is 25.8 Å². The summed E-state index contributed by atoms with van der Waals surface area (Å²) in [5, 5.41) is 9.73. The van der Waals surface area contributed by atoms with Crippen molar-refractivity contribution < 1.29 is 5.11 Å². The quantitative estimate of drug-likeness (QED) is 0.648. The van der Waals surface area contributed by atoms with Gasteiger partial charge in [0.15, 0.2) is 0 Å². The molecule has 0 rings (SSSR count). The van der Waals surface area contributed by atoms with E-state index in [0.29, 0.717) is 12.6 Å². The lowest BCUT2D eigenvalue weighted by molar-refractivity contribution is 0.0539. The van der Waals surface area contributed by atoms with Crippen molar-refractivity contribution in [3.63, 3.8) is 0 Å². The summed E-state index contributed by atoms with van der Waals surface area (Å²) in [5.74, 6) is 0. The first-order valence-electron chi connectivity index (χ1n) is 6.05. The standard InChI is InChI=1S/C12H28N2O/c1-5-7-11(2)14(4)9-6-8-12(3,15)10-13/h11,15H,5-10,13H2,1-4H3. The van der Waals surface area contributed by atoms with Crippen LogP contribution in [0.1, 0.15) is 46.5 Å². The topological polar surface area (TPSA) is 49.5 Å². The Morgan fingerprint density at radius 3 is 2.53 bits per heavy atom. The number of rotatable bonds is 8. The summed E-state index contributed by atoms with van der Waals surface area (Å²) in [5.41, 5.74) is 4.78. The van der Waals surface area contributed by atoms with Crippen molar-refractivity contribution in [3.8, 4) is 0 Å². The number of nitrogens with zero attached hydrogens (tertiary/aromatic N) is 1. The highest BCUT2D eigenvalue weighted by Gasteiger charge is 2.17. The SMILES string of the molecule is CCCC(C)N(C)CCCC(C)(O)CN. The van der Waals surface area contributed by atoms with Crippen molar-refractivity contribution in [2.24, 2.45) is 5.73 Å². The summed E-state index contributed by atoms with van der Waals surface area (Å²) < 4.78 is 0. The zero-order valence-electron chi connectivity index (χ0n) is 10.8. The maximum absolute atomic E-state index is 9.73. The van der Waals surface area contributed by atoms with Gasteiger partial charge >= 0.3 is 0 Å². The van der Waals surface area contributed by atoms with Crippen molar-refractivity contribution in [2.75, 3.05) is 20.1 Å². The molecule has 2 atom stereocenters. The Balaban J connectivity index is 3.67. The molecule has 0 saturated carbocycles. The molecule has 0 bridgehead atoms. The van der Waals surface area contributed by atoms with Gasteiger partial charge in [-0.1, -0.05) is 13.3 Å². The van der Waals surface area contributed by atoms with Gasteiger partial charge in [0.05, 0.1) is 5.60 Å². The van der Waals surface area contributed by atoms with E-state index < -0.39 is 5.60 Å². The molecule has 0 aliphatic heterocycles. The number of hydrogen-bond donors (Lipinski definition) is 2. The Morgan fingerprint density at radius 1 is 1.47 bits per heavy atom. The van der Waals surface area contributed by atoms with Gasteiger partial charge in [-0.05, 0) is 46.7 Å². The van der Waals surface area contributed by atoms with Crippen LogP contribution in [0, 0.1) is 0 Å². The van der Waals surface area contributed by atoms with Crippen LogP contribution in [0.5, 0.6) is 0 Å². The van der Waals surface area contributed by atoms with Crippen LogP contribution in [0.4, 0.5) is 0 Å². The molecular formula is C12H28N2O. The molecule has 3 N–H and O–H groups in total. The Kier molecular flexibility index (Phi) is 7.14. The fourth-order valence-electron chi connectivity index (χ4n) is 1.67. The lowest BCUT2D eigenvalue weighted by Gasteiger charge is -2.26. The molecule has 3 heteroatoms. The van der Waals surface area contributed by atoms with Gasteiger partial charge in [-0.2, -0.15) is 0 Å². The molecule has 0 fully saturated rings. The first kappa shape index (κ1) is 14.9. The molecule has 2 unspecified atom stereocenters. The third-order valence-corrected chi connectivity index (χ3v) is 3.12. The van der Waals surface area contributed by atoms with Crippen molar-refractivity contribution >= 4 is 0 Å². The predicted octanol–water partition coefficient (Wildman–Crippen LogP) is 1.60. The van der Waals surface area contributed by atoms with E-state index in [4.69, 9.17) is 5.73 Å². The van der Waals surface area contributed by atoms with E-state index in [1.54, 1.807) is 0 Å². The van der Waals surface area contributed by atoms with Crippen LogP contribution in [-0.4, -0.2) is 41.8 Å². The summed E-state index contributed by atoms with van der Waals surface area (Å²) in [6, 6.07) is 0.637. The highest BCUT2D eigenvalue weighted by Crippen LogP contribution is 2.12. The molecule has 92 valence electrons. The van der Waals surface area contributed by atoms with Gasteiger partial charge in [0, 0.05) is 12.6 Å². The molecule has 0 aromatic heterocycles. The van der Waals surface area contributed by atoms with E-state index >= 15 is 0 Å². The van der Waals surface area contributed by atoms with Crippen LogP contribution in [-0.2, 0) is 0 Å². The van der Waals surface area contributed by atoms with E-state index in [1.807, 2.05) is 6.92 Å². The zero-order valence-corrected chi connectivity index (χ0v) is 10.8. The first-order valence-corrected chi connectivity index (χ1v) is 6.05. The van der Waals surface area contributed by atoms with Crippen molar-refractivity contribution in [1.29, 1.82) is 0 Å². The van der Waals surface area contributed by atoms with Gasteiger partial charge in [0.2, 0.25) is 0 Å². The number of nitrogens with two attached hydrogens (primary N) is 1. The van der Waals surface area contributed by atoms with Gasteiger partial charge in [-0.25, -0.2) is 0 Å². The second kappa shape index (κ2) is 7.20. The Hall–Kier alpha value is -0.120. The van der Waals surface area contributed by atoms with Crippen molar-refractivity contribution in [3.05, 3.63) is 0 Å². The fraction of sp³-hybridized carbons (Fsp3) is 1.00. The van der Waals surface area contributed by atoms with Gasteiger partial charge < -0.3 is 15.7 Å². The Bertz CT molecular complexity index is 160. The minimum Gasteiger partial charge on any atom is -0.389 e. The van der Waals surface area contributed by atoms with Crippen LogP contribution < -0.4 is 5.73 Å². The van der Waals surface area contributed by atoms with Gasteiger partial charge in [-0.15, -0.1) is 0 Å². The molecule has 0 spiro atoms. The normalized spacial score (nSPS) is 17.8. The van der Waals surface area contributed by atoms with Crippen LogP contribution in [0.15, 0.2) is 0 Å². The summed E-state index contributed by atoms with van der Waals surface area (Å²) in [4.78, 5) is 2.36. The van der Waals surface area contributed by atoms with Crippen LogP contribution in [0.2, 0.25) is 0 Å². The van der Waals surface area contributed by atoms with Gasteiger partial charge in [0.25, 0.3) is 0 Å². The third-order valence-electron chi connectivity index (χ3n) is 3.12. The molecule has 3 nitrogen and oxygen atoms in total. The third kappa shape index (κ3) is 6.88. The lowest BCUT2D eigenvalue weighted by Crippen LogP contribution is -2.36. The molecular weight excluding hydrogens is 188 g/mol. The van der Waals surface area contributed by atoms with E-state index in [0.717, 1.165) is 19.4 Å². The van der Waals surface area contributed by atoms with E-state index in [-0.39, 0.29) is 0 Å². The van der Waals surface area contributed by atoms with Gasteiger partial charge in [-0.3, -0.25) is 0 Å². The summed E-state index contributed by atoms with van der Waals surface area (Å²) in [7, 11) is 2.15. The lowest BCUT2D eigenvalue weighted by atomic mass is 10.0. The Morgan fingerprint density at radius 2 is 2.07 bits per heavy atom. The maximum atomic E-state index is 9.73. The average molecular weight is 216 g/mol. The van der Waals surface area contributed by atoms with E-state index in [1.165, 1.54) is 12.8 Å². The van der Waals surface area contributed by atoms with Crippen LogP contribution in [0.3, 0.4) is 0 Å².